The van der Waals surface area contributed by atoms with E-state index in [1.807, 2.05) is 13.8 Å². The molecule has 2 aliphatic rings. The first kappa shape index (κ1) is 36.1. The van der Waals surface area contributed by atoms with E-state index in [1.54, 1.807) is 0 Å². The molecule has 3 atom stereocenters. The maximum absolute atomic E-state index is 4.97. The fraction of sp³-hybridized carbons (Fsp3) is 0.185. The zero-order chi connectivity index (χ0) is 38.1. The van der Waals surface area contributed by atoms with E-state index < -0.39 is 10.0 Å². The van der Waals surface area contributed by atoms with Gasteiger partial charge in [0, 0.05) is 41.5 Å². The number of benzene rings is 7. The van der Waals surface area contributed by atoms with Crippen LogP contribution in [-0.2, 0) is 5.41 Å². The molecule has 56 heavy (non-hydrogen) atoms. The van der Waals surface area contributed by atoms with Gasteiger partial charge in [-0.1, -0.05) is 154 Å². The fourth-order valence-electron chi connectivity index (χ4n) is 10.4. The molecule has 2 aliphatic carbocycles. The first-order valence-corrected chi connectivity index (χ1v) is 22.2. The van der Waals surface area contributed by atoms with Crippen LogP contribution >= 0.6 is 10.0 Å². The second kappa shape index (κ2) is 15.2. The number of rotatable bonds is 7. The van der Waals surface area contributed by atoms with Crippen molar-refractivity contribution in [2.24, 2.45) is 11.8 Å². The van der Waals surface area contributed by atoms with Crippen molar-refractivity contribution in [1.82, 2.24) is 4.57 Å². The van der Waals surface area contributed by atoms with Gasteiger partial charge >= 0.3 is 0 Å². The van der Waals surface area contributed by atoms with Gasteiger partial charge in [-0.15, -0.1) is 10.0 Å². The van der Waals surface area contributed by atoms with Crippen LogP contribution < -0.4 is 0 Å². The second-order valence-corrected chi connectivity index (χ2v) is 18.4. The van der Waals surface area contributed by atoms with E-state index in [9.17, 15) is 0 Å². The van der Waals surface area contributed by atoms with Crippen molar-refractivity contribution >= 4 is 31.8 Å². The molecule has 0 amide bonds. The Kier molecular flexibility index (Phi) is 9.77. The number of fused-ring (bicyclic) bond motifs is 5. The molecule has 3 unspecified atom stereocenters. The van der Waals surface area contributed by atoms with Crippen LogP contribution in [0.2, 0.25) is 0 Å². The second-order valence-electron chi connectivity index (χ2n) is 15.3. The quantitative estimate of drug-likeness (QED) is 0.143. The Hall–Kier alpha value is -5.57. The third-order valence-corrected chi connectivity index (χ3v) is 16.5. The van der Waals surface area contributed by atoms with Crippen molar-refractivity contribution in [2.45, 2.75) is 70.9 Å². The van der Waals surface area contributed by atoms with Gasteiger partial charge in [0.1, 0.15) is 0 Å². The van der Waals surface area contributed by atoms with Crippen molar-refractivity contribution < 1.29 is 0 Å². The summed E-state index contributed by atoms with van der Waals surface area (Å²) in [5.74, 6) is 1.27. The predicted molar refractivity (Wildman–Crippen MR) is 239 cm³/mol. The maximum Gasteiger partial charge on any atom is 0.0541 e. The van der Waals surface area contributed by atoms with Crippen LogP contribution in [0.1, 0.15) is 57.1 Å². The first-order chi connectivity index (χ1) is 27.7. The molecule has 0 radical (unpaired) electrons. The van der Waals surface area contributed by atoms with E-state index >= 15 is 0 Å². The molecule has 10 rings (SSSR count). The van der Waals surface area contributed by atoms with Gasteiger partial charge in [0.2, 0.25) is 0 Å². The van der Waals surface area contributed by atoms with E-state index in [1.165, 1.54) is 89.5 Å². The van der Waals surface area contributed by atoms with E-state index in [-0.39, 0.29) is 5.41 Å². The van der Waals surface area contributed by atoms with Crippen LogP contribution in [0.15, 0.2) is 220 Å². The lowest BCUT2D eigenvalue weighted by Gasteiger charge is -2.52. The third-order valence-electron chi connectivity index (χ3n) is 12.6. The Morgan fingerprint density at radius 2 is 0.929 bits per heavy atom. The third kappa shape index (κ3) is 5.69. The summed E-state index contributed by atoms with van der Waals surface area (Å²) in [5, 5.41) is 2.59. The lowest BCUT2D eigenvalue weighted by molar-refractivity contribution is 0.163. The zero-order valence-electron chi connectivity index (χ0n) is 32.7. The Balaban J connectivity index is 0.00000202. The number of allylic oxidation sites excluding steroid dienone is 1. The molecule has 8 aromatic rings. The highest BCUT2D eigenvalue weighted by molar-refractivity contribution is 8.34. The SMILES string of the molecule is C=C1CC2CCCC(C2)C1(c1ccc(-n2c3ccccc3c3ccccc32)cc1)c1ccc(S(c2ccccc2)(c2ccccc2)c2ccccc2)cc1.CC. The van der Waals surface area contributed by atoms with E-state index in [0.717, 1.165) is 12.3 Å². The number of hydrogen-bond donors (Lipinski definition) is 0. The molecule has 1 aromatic heterocycles. The molecule has 1 heterocycles. The molecule has 0 N–H and O–H groups in total. The Morgan fingerprint density at radius 1 is 0.500 bits per heavy atom. The number of aromatic nitrogens is 1. The normalized spacial score (nSPS) is 19.6. The summed E-state index contributed by atoms with van der Waals surface area (Å²) < 4.78 is 2.43. The number of hydrogen-bond acceptors (Lipinski definition) is 0. The van der Waals surface area contributed by atoms with E-state index in [2.05, 4.69) is 193 Å². The van der Waals surface area contributed by atoms with Crippen LogP contribution in [0.25, 0.3) is 27.5 Å². The molecule has 2 saturated carbocycles. The summed E-state index contributed by atoms with van der Waals surface area (Å²) in [5.41, 5.74) is 7.60. The fourth-order valence-corrected chi connectivity index (χ4v) is 14.3. The van der Waals surface area contributed by atoms with Gasteiger partial charge in [0.05, 0.1) is 11.0 Å². The van der Waals surface area contributed by atoms with E-state index in [0.29, 0.717) is 5.92 Å². The minimum absolute atomic E-state index is 0.237. The average Bonchev–Trinajstić information content (AvgIpc) is 3.61. The zero-order valence-corrected chi connectivity index (χ0v) is 33.5. The molecule has 2 heteroatoms. The summed E-state index contributed by atoms with van der Waals surface area (Å²) in [4.78, 5) is 5.41. The summed E-state index contributed by atoms with van der Waals surface area (Å²) in [7, 11) is -1.77. The van der Waals surface area contributed by atoms with Crippen LogP contribution in [0, 0.1) is 11.8 Å². The van der Waals surface area contributed by atoms with Crippen molar-refractivity contribution in [1.29, 1.82) is 0 Å². The molecule has 0 spiro atoms. The van der Waals surface area contributed by atoms with Gasteiger partial charge in [-0.3, -0.25) is 0 Å². The largest absolute Gasteiger partial charge is 0.309 e. The molecular weight excluding hydrogens is 695 g/mol. The van der Waals surface area contributed by atoms with Gasteiger partial charge in [0.25, 0.3) is 0 Å². The standard InChI is InChI=1S/C52H45NS.C2H6/c1-38-36-39-16-15-17-42(37-39)52(38,40-28-32-43(33-29-40)53-50-26-13-11-24-48(50)49-25-12-14-27-51(49)53)41-30-34-47(35-31-41)54(44-18-5-2-6-19-44,45-20-7-3-8-21-45)46-22-9-4-10-23-46;1-2/h2-14,18-35,39,42H,1,15-17,36-37H2;1-2H3. The smallest absolute Gasteiger partial charge is 0.0541 e. The first-order valence-electron chi connectivity index (χ1n) is 20.6. The highest BCUT2D eigenvalue weighted by atomic mass is 32.3. The van der Waals surface area contributed by atoms with Crippen molar-refractivity contribution in [3.05, 3.63) is 211 Å². The molecule has 0 saturated heterocycles. The molecular formula is C54H51NS. The maximum atomic E-state index is 4.97. The van der Waals surface area contributed by atoms with Gasteiger partial charge in [-0.05, 0) is 115 Å². The topological polar surface area (TPSA) is 4.93 Å². The van der Waals surface area contributed by atoms with Crippen LogP contribution in [0.3, 0.4) is 0 Å². The van der Waals surface area contributed by atoms with Crippen molar-refractivity contribution in [2.75, 3.05) is 0 Å². The summed E-state index contributed by atoms with van der Waals surface area (Å²) in [6.07, 6.45) is 6.22. The molecule has 278 valence electrons. The van der Waals surface area contributed by atoms with Crippen molar-refractivity contribution in [3.8, 4) is 5.69 Å². The highest BCUT2D eigenvalue weighted by Gasteiger charge is 2.50. The summed E-state index contributed by atoms with van der Waals surface area (Å²) in [6.45, 7) is 8.97. The van der Waals surface area contributed by atoms with Crippen LogP contribution in [-0.4, -0.2) is 4.57 Å². The summed E-state index contributed by atoms with van der Waals surface area (Å²) in [6, 6.07) is 70.6. The molecule has 2 bridgehead atoms. The Morgan fingerprint density at radius 3 is 1.43 bits per heavy atom. The lowest BCUT2D eigenvalue weighted by Crippen LogP contribution is -2.45. The van der Waals surface area contributed by atoms with Crippen LogP contribution in [0.4, 0.5) is 0 Å². The molecule has 1 nitrogen and oxygen atoms in total. The van der Waals surface area contributed by atoms with Crippen LogP contribution in [0.5, 0.6) is 0 Å². The van der Waals surface area contributed by atoms with Gasteiger partial charge < -0.3 is 4.57 Å². The van der Waals surface area contributed by atoms with Crippen molar-refractivity contribution in [3.63, 3.8) is 0 Å². The minimum Gasteiger partial charge on any atom is -0.309 e. The predicted octanol–water partition coefficient (Wildman–Crippen LogP) is 15.2. The van der Waals surface area contributed by atoms with E-state index in [4.69, 9.17) is 6.58 Å². The summed E-state index contributed by atoms with van der Waals surface area (Å²) >= 11 is 0. The Labute approximate surface area is 334 Å². The molecule has 2 fully saturated rings. The number of nitrogens with zero attached hydrogens (tertiary/aromatic N) is 1. The molecule has 0 aliphatic heterocycles. The van der Waals surface area contributed by atoms with Gasteiger partial charge in [-0.25, -0.2) is 0 Å². The number of para-hydroxylation sites is 2. The van der Waals surface area contributed by atoms with Gasteiger partial charge in [-0.2, -0.15) is 0 Å². The molecule has 7 aromatic carbocycles. The average molecular weight is 746 g/mol. The lowest BCUT2D eigenvalue weighted by atomic mass is 9.52. The van der Waals surface area contributed by atoms with Gasteiger partial charge in [0.15, 0.2) is 0 Å². The Bertz CT molecular complexity index is 2440. The monoisotopic (exact) mass is 745 g/mol. The highest BCUT2D eigenvalue weighted by Crippen LogP contribution is 2.73. The minimum atomic E-state index is -1.77.